The molecule has 0 N–H and O–H groups in total. The summed E-state index contributed by atoms with van der Waals surface area (Å²) in [7, 11) is 1.55. The van der Waals surface area contributed by atoms with Gasteiger partial charge in [0.15, 0.2) is 0 Å². The second-order valence-corrected chi connectivity index (χ2v) is 5.45. The minimum Gasteiger partial charge on any atom is -0.496 e. The lowest BCUT2D eigenvalue weighted by molar-refractivity contribution is 0.0355. The molecule has 2 aromatic carbocycles. The predicted octanol–water partition coefficient (Wildman–Crippen LogP) is 3.94. The summed E-state index contributed by atoms with van der Waals surface area (Å²) in [6.45, 7) is 6.32. The first-order valence-electron chi connectivity index (χ1n) is 8.30. The molecule has 2 aromatic rings. The monoisotopic (exact) mass is 327 g/mol. The molecular weight excluding hydrogens is 302 g/mol. The maximum Gasteiger partial charge on any atom is 0.341 e. The molecule has 0 fully saturated rings. The third kappa shape index (κ3) is 4.36. The van der Waals surface area contributed by atoms with Crippen LogP contribution in [0.2, 0.25) is 0 Å². The van der Waals surface area contributed by atoms with Crippen LogP contribution in [0.5, 0.6) is 5.75 Å². The number of carbonyl (C=O) groups excluding carboxylic acids is 1. The molecule has 0 heterocycles. The molecule has 24 heavy (non-hydrogen) atoms. The quantitative estimate of drug-likeness (QED) is 0.689. The number of benzene rings is 2. The Hall–Kier alpha value is -2.33. The Morgan fingerprint density at radius 1 is 1.00 bits per heavy atom. The molecule has 0 bridgehead atoms. The number of methoxy groups -OCH3 is 1. The van der Waals surface area contributed by atoms with Crippen LogP contribution in [0.3, 0.4) is 0 Å². The van der Waals surface area contributed by atoms with E-state index in [0.717, 1.165) is 18.7 Å². The summed E-state index contributed by atoms with van der Waals surface area (Å²) in [4.78, 5) is 14.7. The first kappa shape index (κ1) is 18.0. The van der Waals surface area contributed by atoms with E-state index in [0.29, 0.717) is 17.9 Å². The standard InChI is InChI=1S/C20H25NO3/c1-4-21(5-2)18(16-11-7-6-8-12-16)15-24-20(22)17-13-9-10-14-19(17)23-3/h6-14,18H,4-5,15H2,1-3H3. The number of hydrogen-bond donors (Lipinski definition) is 0. The zero-order chi connectivity index (χ0) is 17.4. The molecule has 0 amide bonds. The molecule has 2 rings (SSSR count). The number of esters is 1. The van der Waals surface area contributed by atoms with Crippen LogP contribution in [0, 0.1) is 0 Å². The van der Waals surface area contributed by atoms with Crippen LogP contribution < -0.4 is 4.74 Å². The predicted molar refractivity (Wildman–Crippen MR) is 95.4 cm³/mol. The van der Waals surface area contributed by atoms with E-state index < -0.39 is 0 Å². The Bertz CT molecular complexity index is 638. The highest BCUT2D eigenvalue weighted by Gasteiger charge is 2.21. The van der Waals surface area contributed by atoms with Gasteiger partial charge in [0.1, 0.15) is 17.9 Å². The van der Waals surface area contributed by atoms with Gasteiger partial charge in [0.2, 0.25) is 0 Å². The molecule has 0 saturated heterocycles. The van der Waals surface area contributed by atoms with Crippen LogP contribution in [0.25, 0.3) is 0 Å². The number of ether oxygens (including phenoxy) is 2. The van der Waals surface area contributed by atoms with Crippen LogP contribution >= 0.6 is 0 Å². The molecule has 4 nitrogen and oxygen atoms in total. The fourth-order valence-corrected chi connectivity index (χ4v) is 2.80. The topological polar surface area (TPSA) is 38.8 Å². The normalized spacial score (nSPS) is 12.0. The number of nitrogens with zero attached hydrogens (tertiary/aromatic N) is 1. The Labute approximate surface area is 144 Å². The number of rotatable bonds is 8. The van der Waals surface area contributed by atoms with E-state index in [1.165, 1.54) is 0 Å². The summed E-state index contributed by atoms with van der Waals surface area (Å²) < 4.78 is 10.8. The molecule has 0 saturated carbocycles. The van der Waals surface area contributed by atoms with Crippen molar-refractivity contribution < 1.29 is 14.3 Å². The summed E-state index contributed by atoms with van der Waals surface area (Å²) in [5.41, 5.74) is 1.60. The zero-order valence-corrected chi connectivity index (χ0v) is 14.6. The minimum atomic E-state index is -0.361. The van der Waals surface area contributed by atoms with Crippen molar-refractivity contribution in [3.8, 4) is 5.75 Å². The highest BCUT2D eigenvalue weighted by molar-refractivity contribution is 5.92. The zero-order valence-electron chi connectivity index (χ0n) is 14.6. The lowest BCUT2D eigenvalue weighted by Gasteiger charge is -2.29. The molecule has 0 aliphatic rings. The summed E-state index contributed by atoms with van der Waals surface area (Å²) in [5.74, 6) is 0.169. The van der Waals surface area contributed by atoms with E-state index in [1.807, 2.05) is 24.3 Å². The van der Waals surface area contributed by atoms with E-state index in [4.69, 9.17) is 9.47 Å². The van der Waals surface area contributed by atoms with Crippen molar-refractivity contribution in [2.24, 2.45) is 0 Å². The molecular formula is C20H25NO3. The van der Waals surface area contributed by atoms with Gasteiger partial charge in [-0.2, -0.15) is 0 Å². The first-order valence-corrected chi connectivity index (χ1v) is 8.30. The molecule has 0 aliphatic carbocycles. The van der Waals surface area contributed by atoms with Crippen LogP contribution in [0.15, 0.2) is 54.6 Å². The van der Waals surface area contributed by atoms with E-state index in [-0.39, 0.29) is 12.0 Å². The van der Waals surface area contributed by atoms with Crippen LogP contribution in [-0.2, 0) is 4.74 Å². The van der Waals surface area contributed by atoms with Crippen molar-refractivity contribution in [2.75, 3.05) is 26.8 Å². The highest BCUT2D eigenvalue weighted by atomic mass is 16.5. The number of hydrogen-bond acceptors (Lipinski definition) is 4. The summed E-state index contributed by atoms with van der Waals surface area (Å²) in [6, 6.07) is 17.3. The second-order valence-electron chi connectivity index (χ2n) is 5.45. The van der Waals surface area contributed by atoms with Gasteiger partial charge in [-0.1, -0.05) is 56.3 Å². The molecule has 0 radical (unpaired) electrons. The first-order chi connectivity index (χ1) is 11.7. The number of para-hydroxylation sites is 1. The lowest BCUT2D eigenvalue weighted by atomic mass is 10.1. The van der Waals surface area contributed by atoms with Crippen molar-refractivity contribution in [3.05, 3.63) is 65.7 Å². The van der Waals surface area contributed by atoms with Crippen molar-refractivity contribution in [1.82, 2.24) is 4.90 Å². The van der Waals surface area contributed by atoms with Gasteiger partial charge >= 0.3 is 5.97 Å². The van der Waals surface area contributed by atoms with Crippen molar-refractivity contribution in [1.29, 1.82) is 0 Å². The van der Waals surface area contributed by atoms with Gasteiger partial charge < -0.3 is 9.47 Å². The van der Waals surface area contributed by atoms with Gasteiger partial charge in [-0.05, 0) is 30.8 Å². The van der Waals surface area contributed by atoms with E-state index in [1.54, 1.807) is 25.3 Å². The lowest BCUT2D eigenvalue weighted by Crippen LogP contribution is -2.32. The molecule has 0 aliphatic heterocycles. The molecule has 128 valence electrons. The third-order valence-electron chi connectivity index (χ3n) is 4.14. The summed E-state index contributed by atoms with van der Waals surface area (Å²) in [5, 5.41) is 0. The summed E-state index contributed by atoms with van der Waals surface area (Å²) >= 11 is 0. The van der Waals surface area contributed by atoms with Gasteiger partial charge in [-0.3, -0.25) is 4.90 Å². The van der Waals surface area contributed by atoms with Gasteiger partial charge in [-0.15, -0.1) is 0 Å². The van der Waals surface area contributed by atoms with Gasteiger partial charge in [0, 0.05) is 0 Å². The maximum absolute atomic E-state index is 12.4. The Kier molecular flexibility index (Phi) is 6.82. The van der Waals surface area contributed by atoms with E-state index in [2.05, 4.69) is 30.9 Å². The van der Waals surface area contributed by atoms with Crippen LogP contribution in [0.1, 0.15) is 35.8 Å². The Balaban J connectivity index is 2.14. The highest BCUT2D eigenvalue weighted by Crippen LogP contribution is 2.23. The van der Waals surface area contributed by atoms with E-state index in [9.17, 15) is 4.79 Å². The van der Waals surface area contributed by atoms with Gasteiger partial charge in [-0.25, -0.2) is 4.79 Å². The average molecular weight is 327 g/mol. The third-order valence-corrected chi connectivity index (χ3v) is 4.14. The number of carbonyl (C=O) groups is 1. The van der Waals surface area contributed by atoms with Gasteiger partial charge in [0.05, 0.1) is 13.2 Å². The van der Waals surface area contributed by atoms with Gasteiger partial charge in [0.25, 0.3) is 0 Å². The van der Waals surface area contributed by atoms with Crippen LogP contribution in [-0.4, -0.2) is 37.7 Å². The van der Waals surface area contributed by atoms with Crippen molar-refractivity contribution in [3.63, 3.8) is 0 Å². The average Bonchev–Trinajstić information content (AvgIpc) is 2.65. The SMILES string of the molecule is CCN(CC)C(COC(=O)c1ccccc1OC)c1ccccc1. The largest absolute Gasteiger partial charge is 0.496 e. The fourth-order valence-electron chi connectivity index (χ4n) is 2.80. The van der Waals surface area contributed by atoms with Crippen molar-refractivity contribution in [2.45, 2.75) is 19.9 Å². The Morgan fingerprint density at radius 3 is 2.25 bits per heavy atom. The minimum absolute atomic E-state index is 0.0415. The molecule has 1 unspecified atom stereocenters. The fraction of sp³-hybridized carbons (Fsp3) is 0.350. The van der Waals surface area contributed by atoms with Crippen molar-refractivity contribution >= 4 is 5.97 Å². The molecule has 0 aromatic heterocycles. The van der Waals surface area contributed by atoms with Crippen LogP contribution in [0.4, 0.5) is 0 Å². The molecule has 4 heteroatoms. The smallest absolute Gasteiger partial charge is 0.341 e. The molecule has 1 atom stereocenters. The Morgan fingerprint density at radius 2 is 1.62 bits per heavy atom. The van der Waals surface area contributed by atoms with E-state index >= 15 is 0 Å². The number of likely N-dealkylation sites (N-methyl/N-ethyl adjacent to an activating group) is 1. The second kappa shape index (κ2) is 9.08. The molecule has 0 spiro atoms. The summed E-state index contributed by atoms with van der Waals surface area (Å²) in [6.07, 6.45) is 0. The maximum atomic E-state index is 12.4.